The number of carbonyl (C=O) groups is 2. The molecule has 154 valence electrons. The Morgan fingerprint density at radius 2 is 1.67 bits per heavy atom. The summed E-state index contributed by atoms with van der Waals surface area (Å²) in [5.74, 6) is 0.647. The van der Waals surface area contributed by atoms with Gasteiger partial charge in [-0.15, -0.1) is 0 Å². The zero-order valence-electron chi connectivity index (χ0n) is 16.9. The Labute approximate surface area is 175 Å². The topological polar surface area (TPSA) is 83.4 Å². The van der Waals surface area contributed by atoms with Crippen molar-refractivity contribution in [3.8, 4) is 0 Å². The lowest BCUT2D eigenvalue weighted by atomic mass is 10.1. The van der Waals surface area contributed by atoms with Crippen molar-refractivity contribution in [2.45, 2.75) is 6.42 Å². The van der Waals surface area contributed by atoms with Gasteiger partial charge in [-0.05, 0) is 35.9 Å². The molecule has 0 bridgehead atoms. The zero-order chi connectivity index (χ0) is 20.9. The second-order valence-corrected chi connectivity index (χ2v) is 7.25. The fourth-order valence-corrected chi connectivity index (χ4v) is 3.49. The summed E-state index contributed by atoms with van der Waals surface area (Å²) < 4.78 is 1.77. The number of aromatic nitrogens is 3. The van der Waals surface area contributed by atoms with Crippen LogP contribution >= 0.6 is 0 Å². The minimum Gasteiger partial charge on any atom is -0.347 e. The molecule has 3 aromatic rings. The van der Waals surface area contributed by atoms with Crippen molar-refractivity contribution in [2.24, 2.45) is 7.05 Å². The lowest BCUT2D eigenvalue weighted by Crippen LogP contribution is -2.49. The lowest BCUT2D eigenvalue weighted by Gasteiger charge is -2.34. The molecule has 0 atom stereocenters. The number of hydrogen-bond acceptors (Lipinski definition) is 5. The molecule has 8 nitrogen and oxygen atoms in total. The van der Waals surface area contributed by atoms with Gasteiger partial charge in [0.15, 0.2) is 0 Å². The average Bonchev–Trinajstić information content (AvgIpc) is 3.22. The van der Waals surface area contributed by atoms with Gasteiger partial charge < -0.3 is 19.7 Å². The highest BCUT2D eigenvalue weighted by Gasteiger charge is 2.22. The highest BCUT2D eigenvalue weighted by molar-refractivity contribution is 6.03. The molecule has 30 heavy (non-hydrogen) atoms. The number of amides is 2. The van der Waals surface area contributed by atoms with Gasteiger partial charge in [0.2, 0.25) is 11.9 Å². The molecule has 0 spiro atoms. The average molecular weight is 404 g/mol. The molecule has 0 radical (unpaired) electrons. The summed E-state index contributed by atoms with van der Waals surface area (Å²) in [5, 5.41) is 2.88. The maximum atomic E-state index is 12.7. The maximum absolute atomic E-state index is 12.7. The first-order valence-corrected chi connectivity index (χ1v) is 9.91. The van der Waals surface area contributed by atoms with Gasteiger partial charge >= 0.3 is 0 Å². The second kappa shape index (κ2) is 8.77. The van der Waals surface area contributed by atoms with Gasteiger partial charge in [0.25, 0.3) is 5.91 Å². The second-order valence-electron chi connectivity index (χ2n) is 7.25. The van der Waals surface area contributed by atoms with E-state index in [9.17, 15) is 9.59 Å². The molecule has 4 rings (SSSR count). The first-order valence-electron chi connectivity index (χ1n) is 9.91. The molecule has 2 aromatic heterocycles. The van der Waals surface area contributed by atoms with E-state index in [1.165, 1.54) is 0 Å². The van der Waals surface area contributed by atoms with Crippen LogP contribution in [0.4, 0.5) is 11.6 Å². The van der Waals surface area contributed by atoms with Gasteiger partial charge in [-0.1, -0.05) is 12.1 Å². The summed E-state index contributed by atoms with van der Waals surface area (Å²) >= 11 is 0. The molecule has 1 aromatic carbocycles. The normalized spacial score (nSPS) is 13.9. The highest BCUT2D eigenvalue weighted by atomic mass is 16.2. The van der Waals surface area contributed by atoms with Crippen LogP contribution < -0.4 is 10.2 Å². The van der Waals surface area contributed by atoms with Crippen LogP contribution in [0.15, 0.2) is 61.1 Å². The Hall–Kier alpha value is -3.68. The van der Waals surface area contributed by atoms with Crippen LogP contribution in [0.1, 0.15) is 16.1 Å². The number of anilines is 2. The number of piperazine rings is 1. The van der Waals surface area contributed by atoms with Crippen molar-refractivity contribution >= 4 is 23.5 Å². The van der Waals surface area contributed by atoms with E-state index in [4.69, 9.17) is 0 Å². The summed E-state index contributed by atoms with van der Waals surface area (Å²) in [7, 11) is 1.83. The predicted octanol–water partition coefficient (Wildman–Crippen LogP) is 1.96. The van der Waals surface area contributed by atoms with Gasteiger partial charge in [0, 0.05) is 57.5 Å². The van der Waals surface area contributed by atoms with Crippen LogP contribution in [0.2, 0.25) is 0 Å². The molecular formula is C22H24N6O2. The molecule has 1 aliphatic rings. The minimum absolute atomic E-state index is 0.101. The molecule has 2 amide bonds. The third-order valence-electron chi connectivity index (χ3n) is 5.21. The third kappa shape index (κ3) is 4.48. The number of nitrogens with zero attached hydrogens (tertiary/aromatic N) is 5. The Morgan fingerprint density at radius 3 is 2.30 bits per heavy atom. The number of hydrogen-bond donors (Lipinski definition) is 1. The summed E-state index contributed by atoms with van der Waals surface area (Å²) in [4.78, 5) is 37.5. The maximum Gasteiger partial charge on any atom is 0.272 e. The summed E-state index contributed by atoms with van der Waals surface area (Å²) in [6.45, 7) is 2.75. The fourth-order valence-electron chi connectivity index (χ4n) is 3.49. The number of benzene rings is 1. The van der Waals surface area contributed by atoms with E-state index in [0.29, 0.717) is 36.8 Å². The monoisotopic (exact) mass is 404 g/mol. The molecule has 0 saturated carbocycles. The van der Waals surface area contributed by atoms with Crippen molar-refractivity contribution in [3.63, 3.8) is 0 Å². The van der Waals surface area contributed by atoms with Crippen molar-refractivity contribution < 1.29 is 9.59 Å². The van der Waals surface area contributed by atoms with E-state index < -0.39 is 0 Å². The Morgan fingerprint density at radius 1 is 0.967 bits per heavy atom. The van der Waals surface area contributed by atoms with E-state index in [0.717, 1.165) is 18.7 Å². The van der Waals surface area contributed by atoms with Crippen LogP contribution in [0.25, 0.3) is 0 Å². The fraction of sp³-hybridized carbons (Fsp3) is 0.273. The molecule has 0 aliphatic carbocycles. The number of carbonyl (C=O) groups excluding carboxylic acids is 2. The molecule has 1 aliphatic heterocycles. The molecule has 1 N–H and O–H groups in total. The van der Waals surface area contributed by atoms with Gasteiger partial charge in [-0.3, -0.25) is 9.59 Å². The van der Waals surface area contributed by atoms with E-state index in [-0.39, 0.29) is 11.8 Å². The number of aryl methyl sites for hydroxylation is 1. The lowest BCUT2D eigenvalue weighted by molar-refractivity contribution is -0.130. The van der Waals surface area contributed by atoms with Crippen LogP contribution in [-0.4, -0.2) is 57.4 Å². The van der Waals surface area contributed by atoms with Crippen molar-refractivity contribution in [1.29, 1.82) is 0 Å². The SMILES string of the molecule is Cn1cccc1C(=O)Nc1ccc(CC(=O)N2CCN(c3ncccn3)CC2)cc1. The molecule has 8 heteroatoms. The first-order chi connectivity index (χ1) is 14.6. The van der Waals surface area contributed by atoms with Gasteiger partial charge in [-0.2, -0.15) is 0 Å². The Bertz CT molecular complexity index is 1010. The Balaban J connectivity index is 1.29. The van der Waals surface area contributed by atoms with Crippen molar-refractivity contribution in [2.75, 3.05) is 36.4 Å². The molecular weight excluding hydrogens is 380 g/mol. The van der Waals surface area contributed by atoms with Crippen LogP contribution in [0, 0.1) is 0 Å². The van der Waals surface area contributed by atoms with Crippen molar-refractivity contribution in [3.05, 3.63) is 72.3 Å². The van der Waals surface area contributed by atoms with E-state index in [1.807, 2.05) is 48.5 Å². The van der Waals surface area contributed by atoms with Gasteiger partial charge in [0.1, 0.15) is 5.69 Å². The van der Waals surface area contributed by atoms with Crippen LogP contribution in [0.3, 0.4) is 0 Å². The number of rotatable bonds is 5. The molecule has 3 heterocycles. The summed E-state index contributed by atoms with van der Waals surface area (Å²) in [6.07, 6.45) is 5.63. The van der Waals surface area contributed by atoms with E-state index >= 15 is 0 Å². The standard InChI is InChI=1S/C22H24N6O2/c1-26-11-2-4-19(26)21(30)25-18-7-5-17(6-8-18)16-20(29)27-12-14-28(15-13-27)22-23-9-3-10-24-22/h2-11H,12-16H2,1H3,(H,25,30). The highest BCUT2D eigenvalue weighted by Crippen LogP contribution is 2.14. The molecule has 0 unspecified atom stereocenters. The molecule has 1 saturated heterocycles. The largest absolute Gasteiger partial charge is 0.347 e. The third-order valence-corrected chi connectivity index (χ3v) is 5.21. The van der Waals surface area contributed by atoms with Gasteiger partial charge in [0.05, 0.1) is 6.42 Å². The quantitative estimate of drug-likeness (QED) is 0.703. The van der Waals surface area contributed by atoms with Crippen molar-refractivity contribution in [1.82, 2.24) is 19.4 Å². The molecule has 1 fully saturated rings. The van der Waals surface area contributed by atoms with E-state index in [2.05, 4.69) is 20.2 Å². The first kappa shape index (κ1) is 19.6. The van der Waals surface area contributed by atoms with Crippen LogP contribution in [-0.2, 0) is 18.3 Å². The van der Waals surface area contributed by atoms with Gasteiger partial charge in [-0.25, -0.2) is 9.97 Å². The zero-order valence-corrected chi connectivity index (χ0v) is 16.9. The minimum atomic E-state index is -0.161. The summed E-state index contributed by atoms with van der Waals surface area (Å²) in [5.41, 5.74) is 2.22. The Kier molecular flexibility index (Phi) is 5.74. The number of nitrogens with one attached hydrogen (secondary N) is 1. The smallest absolute Gasteiger partial charge is 0.272 e. The van der Waals surface area contributed by atoms with Crippen LogP contribution in [0.5, 0.6) is 0 Å². The predicted molar refractivity (Wildman–Crippen MR) is 114 cm³/mol. The summed E-state index contributed by atoms with van der Waals surface area (Å²) in [6, 6.07) is 12.8. The van der Waals surface area contributed by atoms with E-state index in [1.54, 1.807) is 29.1 Å².